The van der Waals surface area contributed by atoms with Crippen LogP contribution in [-0.4, -0.2) is 22.9 Å². The highest BCUT2D eigenvalue weighted by Crippen LogP contribution is 2.27. The number of ether oxygens (including phenoxy) is 1. The van der Waals surface area contributed by atoms with Crippen molar-refractivity contribution in [2.75, 3.05) is 16.4 Å². The van der Waals surface area contributed by atoms with Crippen LogP contribution in [0.2, 0.25) is 0 Å². The van der Waals surface area contributed by atoms with Crippen molar-refractivity contribution in [1.82, 2.24) is 0 Å². The number of hydrogen-bond acceptors (Lipinski definition) is 6. The molecule has 0 saturated heterocycles. The number of aromatic hydroxyl groups is 1. The van der Waals surface area contributed by atoms with Gasteiger partial charge in [-0.1, -0.05) is 24.3 Å². The number of nitrogens with one attached hydrogen (secondary N) is 2. The third-order valence-corrected chi connectivity index (χ3v) is 4.97. The molecule has 3 aromatic carbocycles. The molecule has 0 spiro atoms. The molecule has 5 N–H and O–H groups in total. The first-order chi connectivity index (χ1) is 16.7. The Morgan fingerprint density at radius 3 is 2.43 bits per heavy atom. The first-order valence-corrected chi connectivity index (χ1v) is 10.6. The summed E-state index contributed by atoms with van der Waals surface area (Å²) in [5.74, 6) is -1.98. The molecule has 0 radical (unpaired) electrons. The second kappa shape index (κ2) is 11.5. The lowest BCUT2D eigenvalue weighted by molar-refractivity contribution is -0.111. The van der Waals surface area contributed by atoms with Crippen LogP contribution in [0.4, 0.5) is 26.2 Å². The van der Waals surface area contributed by atoms with Gasteiger partial charge < -0.3 is 20.9 Å². The first-order valence-electron chi connectivity index (χ1n) is 10.6. The lowest BCUT2D eigenvalue weighted by Gasteiger charge is -2.18. The molecular formula is C26H24FN3O5. The van der Waals surface area contributed by atoms with Gasteiger partial charge in [0.15, 0.2) is 17.3 Å². The highest BCUT2D eigenvalue weighted by molar-refractivity contribution is 6.01. The van der Waals surface area contributed by atoms with E-state index in [4.69, 9.17) is 10.5 Å². The number of phenols is 1. The zero-order valence-electron chi connectivity index (χ0n) is 18.8. The summed E-state index contributed by atoms with van der Waals surface area (Å²) in [4.78, 5) is 36.1. The highest BCUT2D eigenvalue weighted by Gasteiger charge is 2.18. The van der Waals surface area contributed by atoms with Gasteiger partial charge in [-0.05, 0) is 67.1 Å². The van der Waals surface area contributed by atoms with Gasteiger partial charge in [0, 0.05) is 17.7 Å². The smallest absolute Gasteiger partial charge is 0.412 e. The molecule has 8 nitrogen and oxygen atoms in total. The van der Waals surface area contributed by atoms with Gasteiger partial charge in [0.05, 0.1) is 11.4 Å². The summed E-state index contributed by atoms with van der Waals surface area (Å²) in [5.41, 5.74) is 7.83. The van der Waals surface area contributed by atoms with Crippen molar-refractivity contribution in [3.05, 3.63) is 95.8 Å². The van der Waals surface area contributed by atoms with Crippen LogP contribution in [-0.2, 0) is 9.53 Å². The molecule has 3 rings (SSSR count). The Bertz CT molecular complexity index is 1260. The van der Waals surface area contributed by atoms with E-state index in [0.29, 0.717) is 22.6 Å². The fraction of sp³-hybridized carbons (Fsp3) is 0.115. The minimum Gasteiger partial charge on any atom is -0.505 e. The number of halogens is 1. The molecule has 0 fully saturated rings. The maximum Gasteiger partial charge on any atom is 0.412 e. The molecule has 35 heavy (non-hydrogen) atoms. The Morgan fingerprint density at radius 1 is 1.06 bits per heavy atom. The zero-order chi connectivity index (χ0) is 25.4. The van der Waals surface area contributed by atoms with Crippen LogP contribution in [0.5, 0.6) is 5.75 Å². The van der Waals surface area contributed by atoms with Crippen LogP contribution in [0, 0.1) is 5.82 Å². The topological polar surface area (TPSA) is 131 Å². The van der Waals surface area contributed by atoms with E-state index in [2.05, 4.69) is 10.6 Å². The lowest BCUT2D eigenvalue weighted by atomic mass is 10.1. The molecule has 0 saturated carbocycles. The number of Topliss-reactive ketones (excluding diaryl/α,β-unsaturated/α-hetero) is 1. The van der Waals surface area contributed by atoms with Gasteiger partial charge in [-0.25, -0.2) is 9.18 Å². The summed E-state index contributed by atoms with van der Waals surface area (Å²) >= 11 is 0. The molecule has 9 heteroatoms. The molecule has 0 heterocycles. The van der Waals surface area contributed by atoms with E-state index in [1.54, 1.807) is 48.5 Å². The number of phenolic OH excluding ortho intramolecular Hbond substituents is 1. The maximum absolute atomic E-state index is 13.9. The Balaban J connectivity index is 1.70. The van der Waals surface area contributed by atoms with Gasteiger partial charge in [-0.3, -0.25) is 14.9 Å². The van der Waals surface area contributed by atoms with Crippen molar-refractivity contribution in [2.24, 2.45) is 0 Å². The number of nitrogens with two attached hydrogens (primary N) is 1. The molecule has 2 amide bonds. The predicted molar refractivity (Wildman–Crippen MR) is 131 cm³/mol. The monoisotopic (exact) mass is 477 g/mol. The van der Waals surface area contributed by atoms with E-state index in [1.165, 1.54) is 25.1 Å². The normalized spacial score (nSPS) is 11.6. The molecule has 0 aliphatic heterocycles. The summed E-state index contributed by atoms with van der Waals surface area (Å²) in [7, 11) is 0. The number of benzene rings is 3. The number of nitrogen functional groups attached to an aromatic ring is 1. The van der Waals surface area contributed by atoms with Gasteiger partial charge >= 0.3 is 6.09 Å². The third-order valence-electron chi connectivity index (χ3n) is 4.97. The number of amides is 2. The van der Waals surface area contributed by atoms with Gasteiger partial charge in [0.1, 0.15) is 6.10 Å². The van der Waals surface area contributed by atoms with E-state index in [0.717, 1.165) is 12.1 Å². The SMILES string of the molecule is CC(=O)c1ccc(NC(=O)O[C@@H](C/C=C/C(=O)Nc2ccccc2N)c2ccc(O)c(F)c2)cc1. The average Bonchev–Trinajstić information content (AvgIpc) is 2.82. The molecule has 0 aliphatic rings. The van der Waals surface area contributed by atoms with Crippen LogP contribution < -0.4 is 16.4 Å². The van der Waals surface area contributed by atoms with Crippen molar-refractivity contribution >= 4 is 34.8 Å². The Hall–Kier alpha value is -4.66. The van der Waals surface area contributed by atoms with E-state index in [-0.39, 0.29) is 17.8 Å². The van der Waals surface area contributed by atoms with E-state index < -0.39 is 29.7 Å². The largest absolute Gasteiger partial charge is 0.505 e. The van der Waals surface area contributed by atoms with Crippen LogP contribution in [0.25, 0.3) is 0 Å². The highest BCUT2D eigenvalue weighted by atomic mass is 19.1. The predicted octanol–water partition coefficient (Wildman–Crippen LogP) is 5.19. The van der Waals surface area contributed by atoms with E-state index in [1.807, 2.05) is 0 Å². The summed E-state index contributed by atoms with van der Waals surface area (Å²) in [6.45, 7) is 1.43. The number of carbonyl (C=O) groups is 3. The number of ketones is 1. The molecule has 0 aromatic heterocycles. The molecule has 0 aliphatic carbocycles. The number of para-hydroxylation sites is 2. The van der Waals surface area contributed by atoms with Crippen molar-refractivity contribution < 1.29 is 28.6 Å². The van der Waals surface area contributed by atoms with Crippen LogP contribution in [0.3, 0.4) is 0 Å². The van der Waals surface area contributed by atoms with Crippen molar-refractivity contribution in [3.63, 3.8) is 0 Å². The van der Waals surface area contributed by atoms with Crippen LogP contribution >= 0.6 is 0 Å². The van der Waals surface area contributed by atoms with Gasteiger partial charge in [0.2, 0.25) is 5.91 Å². The molecule has 0 bridgehead atoms. The quantitative estimate of drug-likeness (QED) is 0.201. The Morgan fingerprint density at radius 2 is 1.77 bits per heavy atom. The lowest BCUT2D eigenvalue weighted by Crippen LogP contribution is -2.17. The number of anilines is 3. The van der Waals surface area contributed by atoms with Crippen molar-refractivity contribution in [1.29, 1.82) is 0 Å². The van der Waals surface area contributed by atoms with E-state index in [9.17, 15) is 23.9 Å². The minimum absolute atomic E-state index is 0.0403. The van der Waals surface area contributed by atoms with E-state index >= 15 is 0 Å². The molecule has 180 valence electrons. The van der Waals surface area contributed by atoms with Crippen molar-refractivity contribution in [2.45, 2.75) is 19.4 Å². The maximum atomic E-state index is 13.9. The third kappa shape index (κ3) is 7.16. The Kier molecular flexibility index (Phi) is 8.18. The standard InChI is InChI=1S/C26H24FN3O5/c1-16(31)17-9-12-19(13-10-17)29-26(34)35-24(18-11-14-23(32)20(27)15-18)7-4-8-25(33)30-22-6-3-2-5-21(22)28/h2-6,8-15,24,32H,7,28H2,1H3,(H,29,34)(H,30,33)/b8-4+/t24-/m0/s1. The fourth-order valence-electron chi connectivity index (χ4n) is 3.12. The summed E-state index contributed by atoms with van der Waals surface area (Å²) in [5, 5.41) is 14.7. The Labute approximate surface area is 201 Å². The van der Waals surface area contributed by atoms with Crippen LogP contribution in [0.1, 0.15) is 35.4 Å². The van der Waals surface area contributed by atoms with Gasteiger partial charge in [0.25, 0.3) is 0 Å². The number of hydrogen-bond donors (Lipinski definition) is 4. The average molecular weight is 477 g/mol. The molecule has 0 unspecified atom stereocenters. The summed E-state index contributed by atoms with van der Waals surface area (Å²) in [6.07, 6.45) is 0.969. The van der Waals surface area contributed by atoms with Crippen molar-refractivity contribution in [3.8, 4) is 5.75 Å². The van der Waals surface area contributed by atoms with Crippen LogP contribution in [0.15, 0.2) is 78.9 Å². The summed E-state index contributed by atoms with van der Waals surface area (Å²) < 4.78 is 19.4. The fourth-order valence-corrected chi connectivity index (χ4v) is 3.12. The number of carbonyl (C=O) groups excluding carboxylic acids is 3. The first kappa shape index (κ1) is 25.0. The number of rotatable bonds is 8. The zero-order valence-corrected chi connectivity index (χ0v) is 18.8. The minimum atomic E-state index is -0.965. The summed E-state index contributed by atoms with van der Waals surface area (Å²) in [6, 6.07) is 16.6. The second-order valence-corrected chi connectivity index (χ2v) is 7.58. The molecular weight excluding hydrogens is 453 g/mol. The second-order valence-electron chi connectivity index (χ2n) is 7.58. The van der Waals surface area contributed by atoms with Gasteiger partial charge in [-0.15, -0.1) is 0 Å². The molecule has 1 atom stereocenters. The van der Waals surface area contributed by atoms with Gasteiger partial charge in [-0.2, -0.15) is 0 Å². The molecule has 3 aromatic rings.